The number of hydrogen-bond acceptors (Lipinski definition) is 5. The number of benzene rings is 2. The van der Waals surface area contributed by atoms with Crippen molar-refractivity contribution in [1.82, 2.24) is 14.8 Å². The van der Waals surface area contributed by atoms with Gasteiger partial charge in [-0.2, -0.15) is 5.11 Å². The van der Waals surface area contributed by atoms with Crippen LogP contribution in [0.1, 0.15) is 29.6 Å². The van der Waals surface area contributed by atoms with E-state index in [0.29, 0.717) is 48.0 Å². The zero-order valence-electron chi connectivity index (χ0n) is 19.8. The van der Waals surface area contributed by atoms with Crippen LogP contribution in [0.5, 0.6) is 0 Å². The van der Waals surface area contributed by atoms with E-state index in [2.05, 4.69) is 10.2 Å². The molecule has 1 aliphatic carbocycles. The first-order valence-corrected chi connectivity index (χ1v) is 12.8. The molecule has 0 N–H and O–H groups in total. The van der Waals surface area contributed by atoms with Crippen molar-refractivity contribution in [2.45, 2.75) is 25.3 Å². The van der Waals surface area contributed by atoms with Gasteiger partial charge in [0.05, 0.1) is 22.3 Å². The first-order valence-electron chi connectivity index (χ1n) is 12.4. The summed E-state index contributed by atoms with van der Waals surface area (Å²) in [4.78, 5) is 34.5. The molecule has 182 valence electrons. The molecule has 0 radical (unpaired) electrons. The van der Waals surface area contributed by atoms with Crippen molar-refractivity contribution in [1.29, 1.82) is 0 Å². The van der Waals surface area contributed by atoms with E-state index in [1.54, 1.807) is 21.9 Å². The Hall–Kier alpha value is -3.58. The highest BCUT2D eigenvalue weighted by molar-refractivity contribution is 6.35. The van der Waals surface area contributed by atoms with Crippen molar-refractivity contribution < 1.29 is 9.59 Å². The van der Waals surface area contributed by atoms with Crippen molar-refractivity contribution >= 4 is 34.3 Å². The van der Waals surface area contributed by atoms with E-state index in [-0.39, 0.29) is 17.9 Å². The second kappa shape index (κ2) is 9.47. The summed E-state index contributed by atoms with van der Waals surface area (Å²) in [7, 11) is 0. The fourth-order valence-electron chi connectivity index (χ4n) is 4.84. The maximum absolute atomic E-state index is 13.3. The summed E-state index contributed by atoms with van der Waals surface area (Å²) in [6.45, 7) is 1.88. The average molecular weight is 500 g/mol. The molecule has 1 aromatic heterocycles. The van der Waals surface area contributed by atoms with Crippen LogP contribution in [-0.4, -0.2) is 58.8 Å². The van der Waals surface area contributed by atoms with Gasteiger partial charge in [-0.15, -0.1) is 5.11 Å². The highest BCUT2D eigenvalue weighted by Crippen LogP contribution is 2.36. The number of azo groups is 1. The van der Waals surface area contributed by atoms with Crippen molar-refractivity contribution in [2.75, 3.05) is 26.2 Å². The number of halogens is 1. The fourth-order valence-corrected chi connectivity index (χ4v) is 5.11. The van der Waals surface area contributed by atoms with Crippen LogP contribution in [-0.2, 0) is 4.79 Å². The number of pyridine rings is 1. The molecule has 1 unspecified atom stereocenters. The van der Waals surface area contributed by atoms with Crippen LogP contribution >= 0.6 is 11.6 Å². The Balaban J connectivity index is 1.13. The largest absolute Gasteiger partial charge is 0.335 e. The summed E-state index contributed by atoms with van der Waals surface area (Å²) in [5.41, 5.74) is 3.41. The van der Waals surface area contributed by atoms with Gasteiger partial charge in [0.25, 0.3) is 11.8 Å². The molecule has 2 aromatic carbocycles. The lowest BCUT2D eigenvalue weighted by molar-refractivity contribution is -0.128. The molecule has 8 heteroatoms. The van der Waals surface area contributed by atoms with Crippen LogP contribution in [0.2, 0.25) is 5.02 Å². The standard InChI is InChI=1S/C28H26ClN5O2/c29-23-17-24(19-4-2-1-3-5-19)30-25-15-20(8-9-22(23)25)27(35)33-10-12-34(13-11-33)28(36)26-16-21(31-32-26)14-18-6-7-18/h1-5,8-9,15-18,21H,6-7,10-14H2. The molecule has 1 atom stereocenters. The monoisotopic (exact) mass is 499 g/mol. The lowest BCUT2D eigenvalue weighted by atomic mass is 10.1. The first kappa shape index (κ1) is 22.9. The SMILES string of the molecule is O=C(C1=CC(CC2CC2)N=N1)N1CCN(C(=O)c2ccc3c(Cl)cc(-c4ccccc4)nc3c2)CC1. The molecule has 3 aliphatic rings. The fraction of sp³-hybridized carbons (Fsp3) is 0.321. The van der Waals surface area contributed by atoms with Crippen molar-refractivity contribution in [3.63, 3.8) is 0 Å². The van der Waals surface area contributed by atoms with Gasteiger partial charge in [0, 0.05) is 42.7 Å². The van der Waals surface area contributed by atoms with Crippen LogP contribution < -0.4 is 0 Å². The van der Waals surface area contributed by atoms with E-state index >= 15 is 0 Å². The number of aromatic nitrogens is 1. The van der Waals surface area contributed by atoms with Gasteiger partial charge in [0.15, 0.2) is 0 Å². The molecule has 36 heavy (non-hydrogen) atoms. The predicted molar refractivity (Wildman–Crippen MR) is 139 cm³/mol. The molecule has 2 aliphatic heterocycles. The normalized spacial score (nSPS) is 19.6. The average Bonchev–Trinajstić information content (AvgIpc) is 3.62. The summed E-state index contributed by atoms with van der Waals surface area (Å²) in [6.07, 6.45) is 5.40. The van der Waals surface area contributed by atoms with Gasteiger partial charge in [-0.25, -0.2) is 4.98 Å². The van der Waals surface area contributed by atoms with Gasteiger partial charge in [0.2, 0.25) is 0 Å². The van der Waals surface area contributed by atoms with Crippen LogP contribution in [0, 0.1) is 5.92 Å². The number of fused-ring (bicyclic) bond motifs is 1. The summed E-state index contributed by atoms with van der Waals surface area (Å²) in [6, 6.07) is 17.2. The maximum Gasteiger partial charge on any atom is 0.274 e. The second-order valence-electron chi connectivity index (χ2n) is 9.69. The third kappa shape index (κ3) is 4.63. The van der Waals surface area contributed by atoms with Gasteiger partial charge >= 0.3 is 0 Å². The third-order valence-corrected chi connectivity index (χ3v) is 7.40. The smallest absolute Gasteiger partial charge is 0.274 e. The number of hydrogen-bond donors (Lipinski definition) is 0. The molecule has 0 spiro atoms. The minimum atomic E-state index is -0.0952. The van der Waals surface area contributed by atoms with E-state index in [1.165, 1.54) is 12.8 Å². The van der Waals surface area contributed by atoms with Crippen molar-refractivity contribution in [2.24, 2.45) is 16.1 Å². The molecular formula is C28H26ClN5O2. The van der Waals surface area contributed by atoms with E-state index in [9.17, 15) is 9.59 Å². The minimum Gasteiger partial charge on any atom is -0.335 e. The van der Waals surface area contributed by atoms with Crippen molar-refractivity contribution in [3.8, 4) is 11.3 Å². The van der Waals surface area contributed by atoms with Crippen LogP contribution in [0.3, 0.4) is 0 Å². The Morgan fingerprint density at radius 3 is 2.36 bits per heavy atom. The van der Waals surface area contributed by atoms with Gasteiger partial charge < -0.3 is 9.80 Å². The number of piperazine rings is 1. The topological polar surface area (TPSA) is 78.2 Å². The zero-order chi connectivity index (χ0) is 24.6. The second-order valence-corrected chi connectivity index (χ2v) is 10.1. The molecule has 3 aromatic rings. The van der Waals surface area contributed by atoms with E-state index in [0.717, 1.165) is 29.0 Å². The number of carbonyl (C=O) groups is 2. The Morgan fingerprint density at radius 2 is 1.64 bits per heavy atom. The van der Waals surface area contributed by atoms with Crippen LogP contribution in [0.25, 0.3) is 22.2 Å². The van der Waals surface area contributed by atoms with E-state index in [4.69, 9.17) is 16.6 Å². The summed E-state index contributed by atoms with van der Waals surface area (Å²) in [5, 5.41) is 9.80. The summed E-state index contributed by atoms with van der Waals surface area (Å²) < 4.78 is 0. The number of amides is 2. The summed E-state index contributed by atoms with van der Waals surface area (Å²) >= 11 is 6.54. The highest BCUT2D eigenvalue weighted by Gasteiger charge is 2.31. The number of carbonyl (C=O) groups excluding carboxylic acids is 2. The number of nitrogens with zero attached hydrogens (tertiary/aromatic N) is 5. The van der Waals surface area contributed by atoms with Gasteiger partial charge in [-0.3, -0.25) is 9.59 Å². The predicted octanol–water partition coefficient (Wildman–Crippen LogP) is 5.36. The molecule has 3 heterocycles. The lowest BCUT2D eigenvalue weighted by Gasteiger charge is -2.34. The Kier molecular flexibility index (Phi) is 6.01. The molecule has 2 fully saturated rings. The van der Waals surface area contributed by atoms with E-state index in [1.807, 2.05) is 48.5 Å². The molecular weight excluding hydrogens is 474 g/mol. The van der Waals surface area contributed by atoms with Crippen LogP contribution in [0.4, 0.5) is 0 Å². The minimum absolute atomic E-state index is 0.0386. The van der Waals surface area contributed by atoms with Crippen LogP contribution in [0.15, 0.2) is 76.6 Å². The molecule has 1 saturated heterocycles. The highest BCUT2D eigenvalue weighted by atomic mass is 35.5. The van der Waals surface area contributed by atoms with E-state index < -0.39 is 0 Å². The molecule has 0 bridgehead atoms. The summed E-state index contributed by atoms with van der Waals surface area (Å²) in [5.74, 6) is 0.568. The quantitative estimate of drug-likeness (QED) is 0.474. The Labute approximate surface area is 214 Å². The first-order chi connectivity index (χ1) is 17.5. The van der Waals surface area contributed by atoms with Gasteiger partial charge in [-0.1, -0.05) is 60.8 Å². The molecule has 1 saturated carbocycles. The molecule has 6 rings (SSSR count). The Bertz CT molecular complexity index is 1390. The molecule has 7 nitrogen and oxygen atoms in total. The van der Waals surface area contributed by atoms with Crippen molar-refractivity contribution in [3.05, 3.63) is 77.0 Å². The van der Waals surface area contributed by atoms with Gasteiger partial charge in [0.1, 0.15) is 5.70 Å². The Morgan fingerprint density at radius 1 is 0.917 bits per heavy atom. The maximum atomic E-state index is 13.3. The zero-order valence-corrected chi connectivity index (χ0v) is 20.6. The third-order valence-electron chi connectivity index (χ3n) is 7.08. The van der Waals surface area contributed by atoms with Gasteiger partial charge in [-0.05, 0) is 36.6 Å². The lowest BCUT2D eigenvalue weighted by Crippen LogP contribution is -2.50. The number of rotatable bonds is 5. The molecule has 2 amide bonds.